The van der Waals surface area contributed by atoms with Gasteiger partial charge in [-0.15, -0.1) is 0 Å². The lowest BCUT2D eigenvalue weighted by molar-refractivity contribution is 0.102. The summed E-state index contributed by atoms with van der Waals surface area (Å²) in [7, 11) is 0. The second-order valence-electron chi connectivity index (χ2n) is 3.76. The first-order valence-corrected chi connectivity index (χ1v) is 6.34. The molecule has 0 unspecified atom stereocenters. The zero-order valence-corrected chi connectivity index (χ0v) is 10.6. The molecule has 5 heteroatoms. The number of Topliss-reactive ketones (excluding diaryl/α,β-unsaturated/α-hetero) is 1. The number of aryl methyl sites for hydroxylation is 1. The fourth-order valence-corrected chi connectivity index (χ4v) is 1.99. The molecule has 1 heterocycles. The summed E-state index contributed by atoms with van der Waals surface area (Å²) < 4.78 is 12.7. The number of hydrogen-bond donors (Lipinski definition) is 0. The normalized spacial score (nSPS) is 10.3. The van der Waals surface area contributed by atoms with E-state index < -0.39 is 0 Å². The molecule has 0 aliphatic heterocycles. The lowest BCUT2D eigenvalue weighted by atomic mass is 10.1. The molecule has 0 fully saturated rings. The number of rotatable bonds is 4. The number of ketones is 1. The van der Waals surface area contributed by atoms with Crippen LogP contribution in [0, 0.1) is 12.7 Å². The first-order chi connectivity index (χ1) is 8.65. The van der Waals surface area contributed by atoms with E-state index in [2.05, 4.69) is 9.97 Å². The van der Waals surface area contributed by atoms with Crippen LogP contribution in [0.25, 0.3) is 0 Å². The van der Waals surface area contributed by atoms with Crippen LogP contribution in [0.15, 0.2) is 41.8 Å². The standard InChI is InChI=1S/C13H11FN2OS/c1-9-6-15-13(16-7-9)18-8-12(17)10-2-4-11(14)5-3-10/h2-7H,8H2,1H3. The van der Waals surface area contributed by atoms with Gasteiger partial charge in [-0.3, -0.25) is 4.79 Å². The molecule has 0 bridgehead atoms. The molecular formula is C13H11FN2OS. The maximum absolute atomic E-state index is 12.7. The Balaban J connectivity index is 1.96. The number of thioether (sulfide) groups is 1. The lowest BCUT2D eigenvalue weighted by Crippen LogP contribution is -2.03. The highest BCUT2D eigenvalue weighted by Crippen LogP contribution is 2.14. The van der Waals surface area contributed by atoms with Crippen molar-refractivity contribution < 1.29 is 9.18 Å². The Morgan fingerprint density at radius 3 is 2.44 bits per heavy atom. The van der Waals surface area contributed by atoms with Gasteiger partial charge in [0.05, 0.1) is 5.75 Å². The fourth-order valence-electron chi connectivity index (χ4n) is 1.30. The number of carbonyl (C=O) groups is 1. The van der Waals surface area contributed by atoms with Crippen molar-refractivity contribution in [3.8, 4) is 0 Å². The van der Waals surface area contributed by atoms with Crippen LogP contribution in [0.3, 0.4) is 0 Å². The Hall–Kier alpha value is -1.75. The third kappa shape index (κ3) is 3.37. The van der Waals surface area contributed by atoms with Crippen LogP contribution in [0.1, 0.15) is 15.9 Å². The molecule has 0 amide bonds. The molecule has 92 valence electrons. The third-order valence-electron chi connectivity index (χ3n) is 2.26. The van der Waals surface area contributed by atoms with Crippen molar-refractivity contribution >= 4 is 17.5 Å². The first-order valence-electron chi connectivity index (χ1n) is 5.35. The monoisotopic (exact) mass is 262 g/mol. The van der Waals surface area contributed by atoms with Gasteiger partial charge >= 0.3 is 0 Å². The van der Waals surface area contributed by atoms with Crippen LogP contribution in [0.2, 0.25) is 0 Å². The van der Waals surface area contributed by atoms with E-state index in [1.165, 1.54) is 36.0 Å². The summed E-state index contributed by atoms with van der Waals surface area (Å²) in [5.41, 5.74) is 1.47. The van der Waals surface area contributed by atoms with E-state index in [0.717, 1.165) is 5.56 Å². The Labute approximate surface area is 108 Å². The molecule has 1 aromatic heterocycles. The summed E-state index contributed by atoms with van der Waals surface area (Å²) >= 11 is 1.27. The van der Waals surface area contributed by atoms with E-state index in [-0.39, 0.29) is 17.4 Å². The minimum Gasteiger partial charge on any atom is -0.293 e. The van der Waals surface area contributed by atoms with Crippen molar-refractivity contribution in [1.29, 1.82) is 0 Å². The summed E-state index contributed by atoms with van der Waals surface area (Å²) in [6.07, 6.45) is 3.41. The van der Waals surface area contributed by atoms with Crippen molar-refractivity contribution in [3.63, 3.8) is 0 Å². The van der Waals surface area contributed by atoms with Gasteiger partial charge in [-0.05, 0) is 36.8 Å². The maximum Gasteiger partial charge on any atom is 0.187 e. The van der Waals surface area contributed by atoms with Gasteiger partial charge in [-0.25, -0.2) is 14.4 Å². The minimum absolute atomic E-state index is 0.0656. The summed E-state index contributed by atoms with van der Waals surface area (Å²) in [5.74, 6) is -0.167. The predicted molar refractivity (Wildman–Crippen MR) is 68.2 cm³/mol. The quantitative estimate of drug-likeness (QED) is 0.483. The lowest BCUT2D eigenvalue weighted by Gasteiger charge is -2.00. The number of benzene rings is 1. The topological polar surface area (TPSA) is 42.9 Å². The molecule has 2 rings (SSSR count). The van der Waals surface area contributed by atoms with E-state index in [1.54, 1.807) is 12.4 Å². The number of carbonyl (C=O) groups excluding carboxylic acids is 1. The van der Waals surface area contributed by atoms with Gasteiger partial charge in [0.25, 0.3) is 0 Å². The number of aromatic nitrogens is 2. The molecule has 0 spiro atoms. The molecule has 0 saturated carbocycles. The van der Waals surface area contributed by atoms with Gasteiger partial charge in [0, 0.05) is 18.0 Å². The highest BCUT2D eigenvalue weighted by atomic mass is 32.2. The van der Waals surface area contributed by atoms with Gasteiger partial charge in [-0.1, -0.05) is 11.8 Å². The van der Waals surface area contributed by atoms with Crippen LogP contribution < -0.4 is 0 Å². The Bertz CT molecular complexity index is 540. The molecular weight excluding hydrogens is 251 g/mol. The molecule has 0 aliphatic rings. The van der Waals surface area contributed by atoms with Gasteiger partial charge in [-0.2, -0.15) is 0 Å². The largest absolute Gasteiger partial charge is 0.293 e. The summed E-state index contributed by atoms with van der Waals surface area (Å²) in [6.45, 7) is 1.90. The highest BCUT2D eigenvalue weighted by Gasteiger charge is 2.07. The van der Waals surface area contributed by atoms with E-state index in [4.69, 9.17) is 0 Å². The van der Waals surface area contributed by atoms with Crippen LogP contribution in [0.5, 0.6) is 0 Å². The Morgan fingerprint density at radius 2 is 1.83 bits per heavy atom. The molecule has 1 aromatic carbocycles. The van der Waals surface area contributed by atoms with Crippen LogP contribution in [-0.4, -0.2) is 21.5 Å². The number of halogens is 1. The maximum atomic E-state index is 12.7. The highest BCUT2D eigenvalue weighted by molar-refractivity contribution is 7.99. The Morgan fingerprint density at radius 1 is 1.22 bits per heavy atom. The zero-order chi connectivity index (χ0) is 13.0. The molecule has 2 aromatic rings. The van der Waals surface area contributed by atoms with E-state index in [9.17, 15) is 9.18 Å². The van der Waals surface area contributed by atoms with Gasteiger partial charge in [0.15, 0.2) is 10.9 Å². The van der Waals surface area contributed by atoms with Crippen LogP contribution >= 0.6 is 11.8 Å². The fraction of sp³-hybridized carbons (Fsp3) is 0.154. The molecule has 0 aliphatic carbocycles. The Kier molecular flexibility index (Phi) is 4.04. The minimum atomic E-state index is -0.346. The summed E-state index contributed by atoms with van der Waals surface area (Å²) in [6, 6.07) is 5.52. The molecule has 18 heavy (non-hydrogen) atoms. The van der Waals surface area contributed by atoms with Gasteiger partial charge < -0.3 is 0 Å². The second kappa shape index (κ2) is 5.73. The molecule has 0 N–H and O–H groups in total. The third-order valence-corrected chi connectivity index (χ3v) is 3.13. The first kappa shape index (κ1) is 12.7. The molecule has 0 radical (unpaired) electrons. The summed E-state index contributed by atoms with van der Waals surface area (Å²) in [4.78, 5) is 20.0. The smallest absolute Gasteiger partial charge is 0.187 e. The van der Waals surface area contributed by atoms with Crippen molar-refractivity contribution in [2.45, 2.75) is 12.1 Å². The van der Waals surface area contributed by atoms with Gasteiger partial charge in [0.2, 0.25) is 0 Å². The second-order valence-corrected chi connectivity index (χ2v) is 4.70. The molecule has 0 atom stereocenters. The SMILES string of the molecule is Cc1cnc(SCC(=O)c2ccc(F)cc2)nc1. The van der Waals surface area contributed by atoms with E-state index >= 15 is 0 Å². The number of nitrogens with zero attached hydrogens (tertiary/aromatic N) is 2. The van der Waals surface area contributed by atoms with Crippen LogP contribution in [0.4, 0.5) is 4.39 Å². The average molecular weight is 262 g/mol. The van der Waals surface area contributed by atoms with Crippen molar-refractivity contribution in [1.82, 2.24) is 9.97 Å². The summed E-state index contributed by atoms with van der Waals surface area (Å²) in [5, 5.41) is 0.566. The van der Waals surface area contributed by atoms with Crippen molar-refractivity contribution in [2.24, 2.45) is 0 Å². The predicted octanol–water partition coefficient (Wildman–Crippen LogP) is 2.90. The molecule has 3 nitrogen and oxygen atoms in total. The van der Waals surface area contributed by atoms with Crippen molar-refractivity contribution in [2.75, 3.05) is 5.75 Å². The van der Waals surface area contributed by atoms with E-state index in [0.29, 0.717) is 10.7 Å². The average Bonchev–Trinajstić information content (AvgIpc) is 2.38. The van der Waals surface area contributed by atoms with E-state index in [1.807, 2.05) is 6.92 Å². The zero-order valence-electron chi connectivity index (χ0n) is 9.76. The van der Waals surface area contributed by atoms with Crippen LogP contribution in [-0.2, 0) is 0 Å². The number of hydrogen-bond acceptors (Lipinski definition) is 4. The van der Waals surface area contributed by atoms with Gasteiger partial charge in [0.1, 0.15) is 5.82 Å². The van der Waals surface area contributed by atoms with Crippen molar-refractivity contribution in [3.05, 3.63) is 53.6 Å². The molecule has 0 saturated heterocycles.